The van der Waals surface area contributed by atoms with E-state index in [1.165, 1.54) is 31.5 Å². The third-order valence-corrected chi connectivity index (χ3v) is 6.08. The fourth-order valence-electron chi connectivity index (χ4n) is 4.36. The average Bonchev–Trinajstić information content (AvgIpc) is 3.10. The van der Waals surface area contributed by atoms with Gasteiger partial charge in [0.2, 0.25) is 5.88 Å². The molecule has 114 valence electrons. The minimum atomic E-state index is -0.0297. The van der Waals surface area contributed by atoms with Crippen LogP contribution in [0.2, 0.25) is 0 Å². The Morgan fingerprint density at radius 1 is 1.32 bits per heavy atom. The van der Waals surface area contributed by atoms with Gasteiger partial charge in [-0.3, -0.25) is 4.90 Å². The van der Waals surface area contributed by atoms with E-state index in [9.17, 15) is 0 Å². The molecule has 4 aliphatic heterocycles. The van der Waals surface area contributed by atoms with Crippen molar-refractivity contribution in [2.45, 2.75) is 24.9 Å². The zero-order valence-electron chi connectivity index (χ0n) is 12.2. The Hall–Kier alpha value is -1.33. The topological polar surface area (TPSA) is 38.5 Å². The van der Waals surface area contributed by atoms with Crippen LogP contribution >= 0.6 is 15.9 Å². The van der Waals surface area contributed by atoms with Gasteiger partial charge < -0.3 is 9.15 Å². The summed E-state index contributed by atoms with van der Waals surface area (Å²) in [4.78, 5) is 7.13. The second-order valence-electron chi connectivity index (χ2n) is 6.69. The molecular formula is C17H17BrN2O2. The standard InChI is InChI=1S/C17H17BrN2O2/c18-15-14(3-6-21-15)12-7-11-8-17(22-16(11)19-9-12)10-20-4-1-13(17)2-5-20/h3,6-7,9,13H,1-2,4-5,8,10H2/t17-/m0/s1. The zero-order valence-corrected chi connectivity index (χ0v) is 13.8. The molecule has 22 heavy (non-hydrogen) atoms. The van der Waals surface area contributed by atoms with E-state index < -0.39 is 0 Å². The Labute approximate surface area is 137 Å². The van der Waals surface area contributed by atoms with Crippen molar-refractivity contribution in [3.63, 3.8) is 0 Å². The van der Waals surface area contributed by atoms with Crippen molar-refractivity contribution in [1.29, 1.82) is 0 Å². The number of hydrogen-bond acceptors (Lipinski definition) is 4. The highest BCUT2D eigenvalue weighted by Gasteiger charge is 2.52. The molecule has 2 aromatic rings. The van der Waals surface area contributed by atoms with Crippen LogP contribution in [0.25, 0.3) is 11.1 Å². The van der Waals surface area contributed by atoms with E-state index >= 15 is 0 Å². The van der Waals surface area contributed by atoms with Gasteiger partial charge in [0, 0.05) is 41.8 Å². The first-order valence-electron chi connectivity index (χ1n) is 7.87. The first-order valence-corrected chi connectivity index (χ1v) is 8.66. The average molecular weight is 361 g/mol. The number of halogens is 1. The summed E-state index contributed by atoms with van der Waals surface area (Å²) in [6, 6.07) is 4.18. The summed E-state index contributed by atoms with van der Waals surface area (Å²) < 4.78 is 12.5. The van der Waals surface area contributed by atoms with Crippen LogP contribution in [0.4, 0.5) is 0 Å². The van der Waals surface area contributed by atoms with Crippen molar-refractivity contribution in [3.05, 3.63) is 34.8 Å². The first-order chi connectivity index (χ1) is 10.7. The van der Waals surface area contributed by atoms with Gasteiger partial charge in [-0.05, 0) is 54.0 Å². The third kappa shape index (κ3) is 1.82. The summed E-state index contributed by atoms with van der Waals surface area (Å²) in [6.07, 6.45) is 7.08. The number of hydrogen-bond donors (Lipinski definition) is 0. The molecule has 6 heterocycles. The minimum absolute atomic E-state index is 0.0297. The van der Waals surface area contributed by atoms with Gasteiger partial charge in [-0.2, -0.15) is 0 Å². The van der Waals surface area contributed by atoms with E-state index in [4.69, 9.17) is 9.15 Å². The van der Waals surface area contributed by atoms with Crippen molar-refractivity contribution >= 4 is 15.9 Å². The predicted molar refractivity (Wildman–Crippen MR) is 85.9 cm³/mol. The number of piperidine rings is 3. The summed E-state index contributed by atoms with van der Waals surface area (Å²) >= 11 is 3.45. The van der Waals surface area contributed by atoms with Crippen LogP contribution in [0.5, 0.6) is 5.88 Å². The van der Waals surface area contributed by atoms with E-state index in [1.807, 2.05) is 12.3 Å². The lowest BCUT2D eigenvalue weighted by Crippen LogP contribution is -2.61. The molecule has 6 rings (SSSR count). The van der Waals surface area contributed by atoms with Crippen molar-refractivity contribution < 1.29 is 9.15 Å². The fraction of sp³-hybridized carbons (Fsp3) is 0.471. The van der Waals surface area contributed by atoms with Crippen LogP contribution in [0.15, 0.2) is 33.7 Å². The van der Waals surface area contributed by atoms with E-state index in [0.717, 1.165) is 34.6 Å². The quantitative estimate of drug-likeness (QED) is 0.779. The van der Waals surface area contributed by atoms with Crippen molar-refractivity contribution in [2.75, 3.05) is 19.6 Å². The highest BCUT2D eigenvalue weighted by Crippen LogP contribution is 2.46. The predicted octanol–water partition coefficient (Wildman–Crippen LogP) is 3.50. The minimum Gasteiger partial charge on any atom is -0.469 e. The van der Waals surface area contributed by atoms with E-state index in [-0.39, 0.29) is 5.60 Å². The number of nitrogens with zero attached hydrogens (tertiary/aromatic N) is 2. The van der Waals surface area contributed by atoms with Crippen LogP contribution < -0.4 is 4.74 Å². The molecule has 5 heteroatoms. The normalized spacial score (nSPS) is 32.2. The third-order valence-electron chi connectivity index (χ3n) is 5.47. The Morgan fingerprint density at radius 2 is 2.18 bits per heavy atom. The number of furan rings is 1. The van der Waals surface area contributed by atoms with Crippen molar-refractivity contribution in [2.24, 2.45) is 5.92 Å². The summed E-state index contributed by atoms with van der Waals surface area (Å²) in [7, 11) is 0. The van der Waals surface area contributed by atoms with Gasteiger partial charge >= 0.3 is 0 Å². The summed E-state index contributed by atoms with van der Waals surface area (Å²) in [5, 5.41) is 0. The zero-order chi connectivity index (χ0) is 14.7. The maximum absolute atomic E-state index is 6.38. The number of pyridine rings is 1. The van der Waals surface area contributed by atoms with Gasteiger partial charge in [-0.25, -0.2) is 4.98 Å². The van der Waals surface area contributed by atoms with Gasteiger partial charge in [0.1, 0.15) is 5.60 Å². The van der Waals surface area contributed by atoms with Gasteiger partial charge in [0.05, 0.1) is 6.26 Å². The molecule has 3 fully saturated rings. The maximum Gasteiger partial charge on any atom is 0.217 e. The van der Waals surface area contributed by atoms with Crippen LogP contribution in [0, 0.1) is 5.92 Å². The van der Waals surface area contributed by atoms with Crippen LogP contribution in [-0.2, 0) is 6.42 Å². The Kier molecular flexibility index (Phi) is 2.74. The number of rotatable bonds is 1. The molecule has 0 aromatic carbocycles. The molecule has 4 aliphatic rings. The summed E-state index contributed by atoms with van der Waals surface area (Å²) in [5.74, 6) is 1.51. The largest absolute Gasteiger partial charge is 0.469 e. The molecule has 0 unspecified atom stereocenters. The van der Waals surface area contributed by atoms with E-state index in [0.29, 0.717) is 5.92 Å². The summed E-state index contributed by atoms with van der Waals surface area (Å²) in [6.45, 7) is 3.51. The molecular weight excluding hydrogens is 344 g/mol. The number of fused-ring (bicyclic) bond motifs is 3. The van der Waals surface area contributed by atoms with Crippen molar-refractivity contribution in [1.82, 2.24) is 9.88 Å². The Morgan fingerprint density at radius 3 is 2.86 bits per heavy atom. The molecule has 3 saturated heterocycles. The Balaban J connectivity index is 1.51. The fourth-order valence-corrected chi connectivity index (χ4v) is 4.82. The van der Waals surface area contributed by atoms with Gasteiger partial charge in [-0.1, -0.05) is 0 Å². The SMILES string of the molecule is Brc1occc1-c1cnc2c(c1)C[C@@]1(CN3CCC1CC3)O2. The van der Waals surface area contributed by atoms with Crippen LogP contribution in [0.1, 0.15) is 18.4 Å². The molecule has 2 bridgehead atoms. The monoisotopic (exact) mass is 360 g/mol. The molecule has 0 aliphatic carbocycles. The first kappa shape index (κ1) is 13.1. The smallest absolute Gasteiger partial charge is 0.217 e. The summed E-state index contributed by atoms with van der Waals surface area (Å²) in [5.41, 5.74) is 3.34. The molecule has 0 saturated carbocycles. The second-order valence-corrected chi connectivity index (χ2v) is 7.41. The van der Waals surface area contributed by atoms with Crippen LogP contribution in [0.3, 0.4) is 0 Å². The molecule has 1 spiro atoms. The molecule has 1 atom stereocenters. The van der Waals surface area contributed by atoms with Crippen LogP contribution in [-0.4, -0.2) is 35.1 Å². The lowest BCUT2D eigenvalue weighted by molar-refractivity contribution is -0.0814. The van der Waals surface area contributed by atoms with Gasteiger partial charge in [0.25, 0.3) is 0 Å². The highest BCUT2D eigenvalue weighted by molar-refractivity contribution is 9.10. The molecule has 0 amide bonds. The molecule has 0 radical (unpaired) electrons. The Bertz CT molecular complexity index is 736. The maximum atomic E-state index is 6.38. The number of aromatic nitrogens is 1. The molecule has 2 aromatic heterocycles. The van der Waals surface area contributed by atoms with Crippen molar-refractivity contribution in [3.8, 4) is 17.0 Å². The van der Waals surface area contributed by atoms with Gasteiger partial charge in [0.15, 0.2) is 4.67 Å². The lowest BCUT2D eigenvalue weighted by Gasteiger charge is -2.50. The lowest BCUT2D eigenvalue weighted by atomic mass is 9.73. The van der Waals surface area contributed by atoms with E-state index in [1.54, 1.807) is 6.26 Å². The molecule has 4 nitrogen and oxygen atoms in total. The highest BCUT2D eigenvalue weighted by atomic mass is 79.9. The molecule has 0 N–H and O–H groups in total. The number of ether oxygens (including phenoxy) is 1. The van der Waals surface area contributed by atoms with Gasteiger partial charge in [-0.15, -0.1) is 0 Å². The second kappa shape index (κ2) is 4.59. The van der Waals surface area contributed by atoms with E-state index in [2.05, 4.69) is 31.9 Å².